The molecule has 1 aromatic carbocycles. The van der Waals surface area contributed by atoms with Crippen molar-refractivity contribution in [1.29, 1.82) is 0 Å². The molecular formula is C9H8F4O. The lowest BCUT2D eigenvalue weighted by molar-refractivity contribution is -0.275. The van der Waals surface area contributed by atoms with Crippen LogP contribution in [0, 0.1) is 19.7 Å². The highest BCUT2D eigenvalue weighted by atomic mass is 19.4. The molecule has 0 aliphatic heterocycles. The first-order valence-corrected chi connectivity index (χ1v) is 3.82. The van der Waals surface area contributed by atoms with Crippen LogP contribution in [0.5, 0.6) is 5.75 Å². The van der Waals surface area contributed by atoms with Crippen LogP contribution in [0.3, 0.4) is 0 Å². The van der Waals surface area contributed by atoms with Gasteiger partial charge in [-0.05, 0) is 37.1 Å². The molecule has 14 heavy (non-hydrogen) atoms. The monoisotopic (exact) mass is 208 g/mol. The van der Waals surface area contributed by atoms with Gasteiger partial charge in [0.05, 0.1) is 0 Å². The Morgan fingerprint density at radius 2 is 1.50 bits per heavy atom. The third-order valence-corrected chi connectivity index (χ3v) is 1.64. The number of benzene rings is 1. The summed E-state index contributed by atoms with van der Waals surface area (Å²) in [5.74, 6) is -0.909. The minimum absolute atomic E-state index is 0.125. The van der Waals surface area contributed by atoms with Gasteiger partial charge in [-0.1, -0.05) is 0 Å². The summed E-state index contributed by atoms with van der Waals surface area (Å²) in [6.07, 6.45) is -4.74. The minimum atomic E-state index is -4.74. The van der Waals surface area contributed by atoms with Gasteiger partial charge in [-0.15, -0.1) is 13.2 Å². The fourth-order valence-corrected chi connectivity index (χ4v) is 1.17. The average Bonchev–Trinajstić information content (AvgIpc) is 1.95. The second-order valence-electron chi connectivity index (χ2n) is 2.92. The largest absolute Gasteiger partial charge is 0.573 e. The van der Waals surface area contributed by atoms with E-state index in [1.807, 2.05) is 0 Å². The van der Waals surface area contributed by atoms with Crippen molar-refractivity contribution in [1.82, 2.24) is 0 Å². The van der Waals surface area contributed by atoms with Gasteiger partial charge >= 0.3 is 6.36 Å². The van der Waals surface area contributed by atoms with Gasteiger partial charge in [-0.2, -0.15) is 0 Å². The van der Waals surface area contributed by atoms with Gasteiger partial charge in [0.25, 0.3) is 0 Å². The number of alkyl halides is 3. The van der Waals surface area contributed by atoms with Crippen LogP contribution in [0.25, 0.3) is 0 Å². The topological polar surface area (TPSA) is 9.23 Å². The molecule has 1 nitrogen and oxygen atoms in total. The van der Waals surface area contributed by atoms with Gasteiger partial charge in [-0.3, -0.25) is 0 Å². The summed E-state index contributed by atoms with van der Waals surface area (Å²) in [6.45, 7) is 2.72. The highest BCUT2D eigenvalue weighted by Gasteiger charge is 2.32. The predicted octanol–water partition coefficient (Wildman–Crippen LogP) is 3.34. The molecule has 5 heteroatoms. The summed E-state index contributed by atoms with van der Waals surface area (Å²) in [5, 5.41) is 0. The Kier molecular flexibility index (Phi) is 2.69. The Bertz CT molecular complexity index is 320. The molecule has 0 saturated heterocycles. The molecule has 0 unspecified atom stereocenters. The standard InChI is InChI=1S/C9H8F4O/c1-5-3-7(10)4-6(2)8(5)14-9(11,12)13/h3-4H,1-2H3. The van der Waals surface area contributed by atoms with Crippen LogP contribution in [-0.4, -0.2) is 6.36 Å². The molecule has 0 bridgehead atoms. The summed E-state index contributed by atoms with van der Waals surface area (Å²) >= 11 is 0. The molecule has 1 rings (SSSR count). The maximum atomic E-state index is 12.7. The molecule has 0 spiro atoms. The molecule has 0 radical (unpaired) electrons. The number of halogens is 4. The second-order valence-corrected chi connectivity index (χ2v) is 2.92. The minimum Gasteiger partial charge on any atom is -0.405 e. The van der Waals surface area contributed by atoms with E-state index in [9.17, 15) is 17.6 Å². The predicted molar refractivity (Wildman–Crippen MR) is 42.6 cm³/mol. The highest BCUT2D eigenvalue weighted by molar-refractivity contribution is 5.40. The Morgan fingerprint density at radius 3 is 1.86 bits per heavy atom. The third-order valence-electron chi connectivity index (χ3n) is 1.64. The van der Waals surface area contributed by atoms with Crippen LogP contribution in [-0.2, 0) is 0 Å². The van der Waals surface area contributed by atoms with E-state index in [1.54, 1.807) is 0 Å². The van der Waals surface area contributed by atoms with E-state index in [0.29, 0.717) is 0 Å². The van der Waals surface area contributed by atoms with Crippen LogP contribution >= 0.6 is 0 Å². The molecule has 0 aliphatic rings. The summed E-state index contributed by atoms with van der Waals surface area (Å²) in [4.78, 5) is 0. The van der Waals surface area contributed by atoms with Crippen LogP contribution in [0.4, 0.5) is 17.6 Å². The van der Waals surface area contributed by atoms with E-state index < -0.39 is 12.2 Å². The van der Waals surface area contributed by atoms with E-state index in [-0.39, 0.29) is 16.9 Å². The first-order chi connectivity index (χ1) is 6.29. The van der Waals surface area contributed by atoms with Gasteiger partial charge in [-0.25, -0.2) is 4.39 Å². The zero-order chi connectivity index (χ0) is 10.9. The fourth-order valence-electron chi connectivity index (χ4n) is 1.17. The molecule has 0 amide bonds. The van der Waals surface area contributed by atoms with Gasteiger partial charge in [0.15, 0.2) is 0 Å². The SMILES string of the molecule is Cc1cc(F)cc(C)c1OC(F)(F)F. The highest BCUT2D eigenvalue weighted by Crippen LogP contribution is 2.29. The summed E-state index contributed by atoms with van der Waals surface area (Å²) < 4.78 is 52.1. The molecule has 0 aromatic heterocycles. The average molecular weight is 208 g/mol. The van der Waals surface area contributed by atoms with Crippen molar-refractivity contribution in [2.45, 2.75) is 20.2 Å². The third kappa shape index (κ3) is 2.61. The zero-order valence-electron chi connectivity index (χ0n) is 7.57. The Labute approximate surface area is 78.3 Å². The zero-order valence-corrected chi connectivity index (χ0v) is 7.57. The summed E-state index contributed by atoms with van der Waals surface area (Å²) in [7, 11) is 0. The Balaban J connectivity index is 3.09. The lowest BCUT2D eigenvalue weighted by Crippen LogP contribution is -2.18. The number of ether oxygens (including phenoxy) is 1. The number of rotatable bonds is 1. The van der Waals surface area contributed by atoms with Crippen molar-refractivity contribution < 1.29 is 22.3 Å². The van der Waals surface area contributed by atoms with Gasteiger partial charge in [0.2, 0.25) is 0 Å². The smallest absolute Gasteiger partial charge is 0.405 e. The fraction of sp³-hybridized carbons (Fsp3) is 0.333. The van der Waals surface area contributed by atoms with E-state index in [4.69, 9.17) is 0 Å². The van der Waals surface area contributed by atoms with E-state index in [2.05, 4.69) is 4.74 Å². The molecule has 0 heterocycles. The molecule has 0 N–H and O–H groups in total. The summed E-state index contributed by atoms with van der Waals surface area (Å²) in [5.41, 5.74) is 0.250. The number of hydrogen-bond acceptors (Lipinski definition) is 1. The molecule has 78 valence electrons. The van der Waals surface area contributed by atoms with Gasteiger partial charge in [0.1, 0.15) is 11.6 Å². The second kappa shape index (κ2) is 3.48. The van der Waals surface area contributed by atoms with E-state index >= 15 is 0 Å². The quantitative estimate of drug-likeness (QED) is 0.643. The Morgan fingerprint density at radius 1 is 1.07 bits per heavy atom. The maximum Gasteiger partial charge on any atom is 0.573 e. The van der Waals surface area contributed by atoms with Crippen molar-refractivity contribution in [3.63, 3.8) is 0 Å². The van der Waals surface area contributed by atoms with E-state index in [0.717, 1.165) is 12.1 Å². The number of hydrogen-bond donors (Lipinski definition) is 0. The normalized spacial score (nSPS) is 11.6. The number of aryl methyl sites for hydroxylation is 2. The Hall–Kier alpha value is -1.26. The van der Waals surface area contributed by atoms with E-state index in [1.165, 1.54) is 13.8 Å². The lowest BCUT2D eigenvalue weighted by atomic mass is 10.1. The van der Waals surface area contributed by atoms with Crippen molar-refractivity contribution in [3.05, 3.63) is 29.1 Å². The van der Waals surface area contributed by atoms with Crippen molar-refractivity contribution >= 4 is 0 Å². The van der Waals surface area contributed by atoms with Gasteiger partial charge < -0.3 is 4.74 Å². The molecule has 0 saturated carbocycles. The lowest BCUT2D eigenvalue weighted by Gasteiger charge is -2.13. The first kappa shape index (κ1) is 10.8. The molecule has 1 aromatic rings. The summed E-state index contributed by atoms with van der Waals surface area (Å²) in [6, 6.07) is 1.99. The van der Waals surface area contributed by atoms with Crippen LogP contribution in [0.1, 0.15) is 11.1 Å². The first-order valence-electron chi connectivity index (χ1n) is 3.82. The molecule has 0 atom stereocenters. The van der Waals surface area contributed by atoms with Crippen molar-refractivity contribution in [2.75, 3.05) is 0 Å². The molecule has 0 aliphatic carbocycles. The van der Waals surface area contributed by atoms with Crippen molar-refractivity contribution in [3.8, 4) is 5.75 Å². The maximum absolute atomic E-state index is 12.7. The van der Waals surface area contributed by atoms with Crippen LogP contribution in [0.2, 0.25) is 0 Å². The van der Waals surface area contributed by atoms with Crippen molar-refractivity contribution in [2.24, 2.45) is 0 Å². The van der Waals surface area contributed by atoms with Crippen LogP contribution in [0.15, 0.2) is 12.1 Å². The molecular weight excluding hydrogens is 200 g/mol. The van der Waals surface area contributed by atoms with Gasteiger partial charge in [0, 0.05) is 0 Å². The van der Waals surface area contributed by atoms with Crippen LogP contribution < -0.4 is 4.74 Å². The molecule has 0 fully saturated rings.